The predicted molar refractivity (Wildman–Crippen MR) is 66.1 cm³/mol. The van der Waals surface area contributed by atoms with Crippen molar-refractivity contribution in [2.75, 3.05) is 5.33 Å². The Labute approximate surface area is 103 Å². The van der Waals surface area contributed by atoms with Gasteiger partial charge in [0.1, 0.15) is 0 Å². The number of alkyl halides is 1. The molecule has 0 aromatic heterocycles. The second-order valence-corrected chi connectivity index (χ2v) is 4.30. The molecule has 1 unspecified atom stereocenters. The van der Waals surface area contributed by atoms with E-state index in [2.05, 4.69) is 27.3 Å². The summed E-state index contributed by atoms with van der Waals surface area (Å²) in [4.78, 5) is 0. The monoisotopic (exact) mass is 286 g/mol. The van der Waals surface area contributed by atoms with Crippen LogP contribution in [-0.4, -0.2) is 11.4 Å². The van der Waals surface area contributed by atoms with Gasteiger partial charge >= 0.3 is 0 Å². The number of benzene rings is 1. The third-order valence-corrected chi connectivity index (χ3v) is 3.07. The Balaban J connectivity index is 2.42. The number of hydrogen-bond donors (Lipinski definition) is 1. The third-order valence-electron chi connectivity index (χ3n) is 2.03. The summed E-state index contributed by atoms with van der Waals surface area (Å²) in [6.07, 6.45) is 0.513. The van der Waals surface area contributed by atoms with Gasteiger partial charge in [-0.05, 0) is 17.7 Å². The van der Waals surface area contributed by atoms with Crippen LogP contribution in [0.1, 0.15) is 12.0 Å². The van der Waals surface area contributed by atoms with E-state index in [0.717, 1.165) is 16.9 Å². The third kappa shape index (κ3) is 4.65. The standard InChI is InChI=1S/C11H12BrClN2/c12-7-11(5-6-14)15-8-9-1-3-10(13)4-2-9/h1-4,11,15H,5,7-8H2. The molecule has 1 aromatic carbocycles. The van der Waals surface area contributed by atoms with Gasteiger partial charge in [-0.1, -0.05) is 39.7 Å². The molecule has 1 rings (SSSR count). The smallest absolute Gasteiger partial charge is 0.0638 e. The van der Waals surface area contributed by atoms with Crippen molar-refractivity contribution in [3.05, 3.63) is 34.9 Å². The van der Waals surface area contributed by atoms with Gasteiger partial charge in [-0.2, -0.15) is 5.26 Å². The number of nitrogens with one attached hydrogen (secondary N) is 1. The molecule has 2 nitrogen and oxygen atoms in total. The number of rotatable bonds is 5. The number of halogens is 2. The molecule has 4 heteroatoms. The van der Waals surface area contributed by atoms with E-state index in [1.54, 1.807) is 0 Å². The van der Waals surface area contributed by atoms with Crippen molar-refractivity contribution < 1.29 is 0 Å². The highest BCUT2D eigenvalue weighted by Gasteiger charge is 2.04. The Morgan fingerprint density at radius 3 is 2.60 bits per heavy atom. The van der Waals surface area contributed by atoms with Gasteiger partial charge < -0.3 is 5.32 Å². The van der Waals surface area contributed by atoms with Gasteiger partial charge in [0.25, 0.3) is 0 Å². The van der Waals surface area contributed by atoms with Crippen LogP contribution in [0.25, 0.3) is 0 Å². The van der Waals surface area contributed by atoms with Gasteiger partial charge in [-0.25, -0.2) is 0 Å². The number of hydrogen-bond acceptors (Lipinski definition) is 2. The number of nitrogens with zero attached hydrogens (tertiary/aromatic N) is 1. The Hall–Kier alpha value is -0.560. The molecule has 0 aliphatic heterocycles. The lowest BCUT2D eigenvalue weighted by atomic mass is 10.2. The lowest BCUT2D eigenvalue weighted by molar-refractivity contribution is 0.567. The van der Waals surface area contributed by atoms with Crippen LogP contribution in [0, 0.1) is 11.3 Å². The van der Waals surface area contributed by atoms with E-state index in [1.807, 2.05) is 24.3 Å². The summed E-state index contributed by atoms with van der Waals surface area (Å²) in [5.74, 6) is 0. The second-order valence-electron chi connectivity index (χ2n) is 3.22. The topological polar surface area (TPSA) is 35.8 Å². The maximum atomic E-state index is 8.57. The molecule has 0 bridgehead atoms. The van der Waals surface area contributed by atoms with Gasteiger partial charge in [0.2, 0.25) is 0 Å². The molecule has 0 aliphatic rings. The summed E-state index contributed by atoms with van der Waals surface area (Å²) >= 11 is 9.15. The van der Waals surface area contributed by atoms with Crippen molar-refractivity contribution in [1.82, 2.24) is 5.32 Å². The maximum absolute atomic E-state index is 8.57. The lowest BCUT2D eigenvalue weighted by Gasteiger charge is -2.12. The van der Waals surface area contributed by atoms with E-state index in [-0.39, 0.29) is 6.04 Å². The van der Waals surface area contributed by atoms with E-state index >= 15 is 0 Å². The first-order valence-corrected chi connectivity index (χ1v) is 6.17. The van der Waals surface area contributed by atoms with Crippen LogP contribution in [0.2, 0.25) is 5.02 Å². The quantitative estimate of drug-likeness (QED) is 0.845. The van der Waals surface area contributed by atoms with Crippen LogP contribution in [-0.2, 0) is 6.54 Å². The van der Waals surface area contributed by atoms with E-state index in [1.165, 1.54) is 5.56 Å². The van der Waals surface area contributed by atoms with Crippen molar-refractivity contribution in [3.63, 3.8) is 0 Å². The maximum Gasteiger partial charge on any atom is 0.0638 e. The van der Waals surface area contributed by atoms with Crippen LogP contribution in [0.15, 0.2) is 24.3 Å². The summed E-state index contributed by atoms with van der Waals surface area (Å²) in [5, 5.41) is 13.4. The van der Waals surface area contributed by atoms with E-state index in [9.17, 15) is 0 Å². The molecule has 0 heterocycles. The lowest BCUT2D eigenvalue weighted by Crippen LogP contribution is -2.29. The van der Waals surface area contributed by atoms with Crippen LogP contribution in [0.3, 0.4) is 0 Å². The fourth-order valence-corrected chi connectivity index (χ4v) is 1.74. The minimum Gasteiger partial charge on any atom is -0.308 e. The average Bonchev–Trinajstić information content (AvgIpc) is 2.26. The van der Waals surface area contributed by atoms with Gasteiger partial charge in [-0.3, -0.25) is 0 Å². The van der Waals surface area contributed by atoms with Crippen LogP contribution in [0.4, 0.5) is 0 Å². The molecule has 0 spiro atoms. The first kappa shape index (κ1) is 12.5. The summed E-state index contributed by atoms with van der Waals surface area (Å²) in [5.41, 5.74) is 1.17. The van der Waals surface area contributed by atoms with Crippen molar-refractivity contribution in [2.24, 2.45) is 0 Å². The molecule has 0 saturated heterocycles. The Kier molecular flexibility index (Phi) is 5.70. The molecule has 15 heavy (non-hydrogen) atoms. The molecule has 0 aliphatic carbocycles. The van der Waals surface area contributed by atoms with Gasteiger partial charge in [-0.15, -0.1) is 0 Å². The first-order chi connectivity index (χ1) is 7.26. The SMILES string of the molecule is N#CCC(CBr)NCc1ccc(Cl)cc1. The fraction of sp³-hybridized carbons (Fsp3) is 0.364. The minimum absolute atomic E-state index is 0.200. The molecule has 0 radical (unpaired) electrons. The Morgan fingerprint density at radius 2 is 2.07 bits per heavy atom. The van der Waals surface area contributed by atoms with Crippen molar-refractivity contribution in [1.29, 1.82) is 5.26 Å². The van der Waals surface area contributed by atoms with E-state index in [0.29, 0.717) is 6.42 Å². The zero-order chi connectivity index (χ0) is 11.1. The summed E-state index contributed by atoms with van der Waals surface area (Å²) < 4.78 is 0. The largest absolute Gasteiger partial charge is 0.308 e. The van der Waals surface area contributed by atoms with Crippen molar-refractivity contribution in [3.8, 4) is 6.07 Å². The van der Waals surface area contributed by atoms with Crippen LogP contribution < -0.4 is 5.32 Å². The minimum atomic E-state index is 0.200. The summed E-state index contributed by atoms with van der Waals surface area (Å²) in [7, 11) is 0. The molecule has 0 fully saturated rings. The normalized spacial score (nSPS) is 12.1. The first-order valence-electron chi connectivity index (χ1n) is 4.67. The van der Waals surface area contributed by atoms with Crippen LogP contribution >= 0.6 is 27.5 Å². The molecule has 0 amide bonds. The average molecular weight is 288 g/mol. The summed E-state index contributed by atoms with van der Waals surface area (Å²) in [6.45, 7) is 0.759. The second kappa shape index (κ2) is 6.84. The van der Waals surface area contributed by atoms with Crippen LogP contribution in [0.5, 0.6) is 0 Å². The molecular weight excluding hydrogens is 275 g/mol. The molecule has 0 saturated carbocycles. The fourth-order valence-electron chi connectivity index (χ4n) is 1.16. The van der Waals surface area contributed by atoms with Crippen molar-refractivity contribution >= 4 is 27.5 Å². The Bertz CT molecular complexity index is 331. The molecular formula is C11H12BrClN2. The van der Waals surface area contributed by atoms with Gasteiger partial charge in [0.05, 0.1) is 12.5 Å². The molecule has 80 valence electrons. The van der Waals surface area contributed by atoms with E-state index < -0.39 is 0 Å². The van der Waals surface area contributed by atoms with Crippen molar-refractivity contribution in [2.45, 2.75) is 19.0 Å². The van der Waals surface area contributed by atoms with Gasteiger partial charge in [0, 0.05) is 22.9 Å². The predicted octanol–water partition coefficient (Wildman–Crippen LogP) is 3.11. The molecule has 1 aromatic rings. The molecule has 1 N–H and O–H groups in total. The highest BCUT2D eigenvalue weighted by Crippen LogP contribution is 2.09. The Morgan fingerprint density at radius 1 is 1.40 bits per heavy atom. The zero-order valence-electron chi connectivity index (χ0n) is 8.21. The van der Waals surface area contributed by atoms with Gasteiger partial charge in [0.15, 0.2) is 0 Å². The zero-order valence-corrected chi connectivity index (χ0v) is 10.6. The highest BCUT2D eigenvalue weighted by molar-refractivity contribution is 9.09. The molecule has 1 atom stereocenters. The highest BCUT2D eigenvalue weighted by atomic mass is 79.9. The summed E-state index contributed by atoms with van der Waals surface area (Å²) in [6, 6.07) is 10.0. The number of nitriles is 1. The van der Waals surface area contributed by atoms with E-state index in [4.69, 9.17) is 16.9 Å².